The zero-order chi connectivity index (χ0) is 19.7. The number of carbonyl (C=O) groups excluding carboxylic acids is 1. The number of aromatic nitrogens is 3. The Kier molecular flexibility index (Phi) is 5.13. The summed E-state index contributed by atoms with van der Waals surface area (Å²) in [5, 5.41) is 26.8. The van der Waals surface area contributed by atoms with Gasteiger partial charge in [0, 0.05) is 18.5 Å². The molecule has 1 aliphatic rings. The summed E-state index contributed by atoms with van der Waals surface area (Å²) in [6.07, 6.45) is -0.261. The van der Waals surface area contributed by atoms with Crippen molar-refractivity contribution in [2.24, 2.45) is 0 Å². The molecule has 0 aliphatic carbocycles. The van der Waals surface area contributed by atoms with Gasteiger partial charge in [0.2, 0.25) is 5.13 Å². The summed E-state index contributed by atoms with van der Waals surface area (Å²) in [6, 6.07) is 9.66. The third-order valence-corrected chi connectivity index (χ3v) is 6.67. The van der Waals surface area contributed by atoms with Gasteiger partial charge < -0.3 is 15.3 Å². The van der Waals surface area contributed by atoms with E-state index in [1.807, 2.05) is 49.1 Å². The predicted octanol–water partition coefficient (Wildman–Crippen LogP) is 2.51. The van der Waals surface area contributed by atoms with Crippen LogP contribution in [-0.2, 0) is 5.54 Å². The lowest BCUT2D eigenvalue weighted by Gasteiger charge is -2.46. The number of anilines is 1. The molecule has 3 aromatic rings. The van der Waals surface area contributed by atoms with Gasteiger partial charge in [0.1, 0.15) is 10.7 Å². The zero-order valence-electron chi connectivity index (χ0n) is 15.6. The second-order valence-corrected chi connectivity index (χ2v) is 9.08. The maximum atomic E-state index is 12.9. The van der Waals surface area contributed by atoms with Gasteiger partial charge in [0.05, 0.1) is 16.7 Å². The number of amides is 1. The molecule has 1 amide bonds. The number of rotatable bonds is 4. The predicted molar refractivity (Wildman–Crippen MR) is 110 cm³/mol. The molecule has 0 radical (unpaired) electrons. The van der Waals surface area contributed by atoms with E-state index in [0.29, 0.717) is 25.2 Å². The quantitative estimate of drug-likeness (QED) is 0.680. The smallest absolute Gasteiger partial charge is 0.271 e. The first kappa shape index (κ1) is 19.0. The fourth-order valence-corrected chi connectivity index (χ4v) is 4.86. The van der Waals surface area contributed by atoms with Crippen molar-refractivity contribution in [2.75, 3.05) is 18.0 Å². The molecular weight excluding hydrogens is 394 g/mol. The van der Waals surface area contributed by atoms with Gasteiger partial charge in [-0.25, -0.2) is 4.98 Å². The number of nitrogens with zero attached hydrogens (tertiary/aromatic N) is 4. The summed E-state index contributed by atoms with van der Waals surface area (Å²) in [6.45, 7) is 4.79. The van der Waals surface area contributed by atoms with Crippen LogP contribution in [0.3, 0.4) is 0 Å². The van der Waals surface area contributed by atoms with Crippen LogP contribution >= 0.6 is 22.7 Å². The molecule has 1 fully saturated rings. The Bertz CT molecular complexity index is 974. The average molecular weight is 416 g/mol. The van der Waals surface area contributed by atoms with E-state index in [4.69, 9.17) is 0 Å². The van der Waals surface area contributed by atoms with Gasteiger partial charge in [-0.2, -0.15) is 0 Å². The lowest BCUT2D eigenvalue weighted by atomic mass is 9.78. The second-order valence-electron chi connectivity index (χ2n) is 6.86. The lowest BCUT2D eigenvalue weighted by molar-refractivity contribution is 0.0364. The maximum Gasteiger partial charge on any atom is 0.271 e. The van der Waals surface area contributed by atoms with Crippen LogP contribution in [0, 0.1) is 13.8 Å². The Hall–Kier alpha value is -2.36. The van der Waals surface area contributed by atoms with E-state index in [-0.39, 0.29) is 5.91 Å². The van der Waals surface area contributed by atoms with Crippen molar-refractivity contribution in [3.63, 3.8) is 0 Å². The van der Waals surface area contributed by atoms with Crippen molar-refractivity contribution < 1.29 is 9.90 Å². The number of aliphatic hydroxyl groups is 1. The molecular formula is C19H21N5O2S2. The molecule has 1 aromatic carbocycles. The summed E-state index contributed by atoms with van der Waals surface area (Å²) in [5.74, 6) is -0.271. The van der Waals surface area contributed by atoms with E-state index in [9.17, 15) is 9.90 Å². The number of benzene rings is 1. The van der Waals surface area contributed by atoms with Gasteiger partial charge in [-0.15, -0.1) is 21.5 Å². The van der Waals surface area contributed by atoms with E-state index < -0.39 is 11.6 Å². The summed E-state index contributed by atoms with van der Waals surface area (Å²) < 4.78 is 0. The number of piperidine rings is 1. The molecule has 0 saturated carbocycles. The molecule has 7 nitrogen and oxygen atoms in total. The summed E-state index contributed by atoms with van der Waals surface area (Å²) in [4.78, 5) is 19.2. The first-order valence-electron chi connectivity index (χ1n) is 9.01. The number of hydrogen-bond acceptors (Lipinski definition) is 8. The number of hydrogen-bond donors (Lipinski definition) is 2. The number of aryl methyl sites for hydroxylation is 2. The van der Waals surface area contributed by atoms with Crippen LogP contribution < -0.4 is 10.2 Å². The highest BCUT2D eigenvalue weighted by Crippen LogP contribution is 2.36. The molecule has 0 spiro atoms. The highest BCUT2D eigenvalue weighted by Gasteiger charge is 2.45. The molecule has 0 unspecified atom stereocenters. The van der Waals surface area contributed by atoms with Crippen molar-refractivity contribution in [2.45, 2.75) is 31.9 Å². The SMILES string of the molecule is Cc1nc(C(=O)N[C@]2(c3ccccc3)CCN(c3nnc(C)s3)C[C@H]2O)cs1. The highest BCUT2D eigenvalue weighted by molar-refractivity contribution is 7.15. The van der Waals surface area contributed by atoms with E-state index in [2.05, 4.69) is 20.5 Å². The van der Waals surface area contributed by atoms with E-state index in [0.717, 1.165) is 20.7 Å². The largest absolute Gasteiger partial charge is 0.388 e. The monoisotopic (exact) mass is 415 g/mol. The number of β-amino-alcohol motifs (C(OH)–C–C–N with tert-alkyl or cyclic N) is 1. The number of nitrogens with one attached hydrogen (secondary N) is 1. The Morgan fingerprint density at radius 2 is 2.04 bits per heavy atom. The average Bonchev–Trinajstić information content (AvgIpc) is 3.32. The van der Waals surface area contributed by atoms with Crippen LogP contribution in [0.5, 0.6) is 0 Å². The summed E-state index contributed by atoms with van der Waals surface area (Å²) >= 11 is 2.94. The minimum atomic E-state index is -0.883. The molecule has 1 aliphatic heterocycles. The molecule has 4 rings (SSSR count). The van der Waals surface area contributed by atoms with Crippen LogP contribution in [0.1, 0.15) is 32.5 Å². The first-order valence-corrected chi connectivity index (χ1v) is 10.7. The number of aliphatic hydroxyl groups excluding tert-OH is 1. The van der Waals surface area contributed by atoms with Crippen molar-refractivity contribution in [1.29, 1.82) is 0 Å². The summed E-state index contributed by atoms with van der Waals surface area (Å²) in [5.41, 5.74) is 0.384. The normalized spacial score (nSPS) is 22.2. The third-order valence-electron chi connectivity index (χ3n) is 5.00. The van der Waals surface area contributed by atoms with Crippen LogP contribution in [0.4, 0.5) is 5.13 Å². The van der Waals surface area contributed by atoms with Crippen LogP contribution in [0.2, 0.25) is 0 Å². The van der Waals surface area contributed by atoms with Crippen molar-refractivity contribution in [3.05, 3.63) is 57.0 Å². The van der Waals surface area contributed by atoms with Crippen molar-refractivity contribution >= 4 is 33.7 Å². The van der Waals surface area contributed by atoms with Gasteiger partial charge >= 0.3 is 0 Å². The molecule has 146 valence electrons. The molecule has 2 atom stereocenters. The molecule has 1 saturated heterocycles. The Balaban J connectivity index is 1.64. The second kappa shape index (κ2) is 7.57. The molecule has 2 N–H and O–H groups in total. The Morgan fingerprint density at radius 1 is 1.25 bits per heavy atom. The van der Waals surface area contributed by atoms with Gasteiger partial charge in [-0.05, 0) is 25.8 Å². The number of thiazole rings is 1. The topological polar surface area (TPSA) is 91.2 Å². The van der Waals surface area contributed by atoms with Gasteiger partial charge in [0.25, 0.3) is 5.91 Å². The van der Waals surface area contributed by atoms with Gasteiger partial charge in [0.15, 0.2) is 0 Å². The molecule has 3 heterocycles. The molecule has 2 aromatic heterocycles. The Labute approximate surface area is 171 Å². The Morgan fingerprint density at radius 3 is 2.64 bits per heavy atom. The molecule has 28 heavy (non-hydrogen) atoms. The standard InChI is InChI=1S/C19H21N5O2S2/c1-12-20-15(11-27-12)17(26)21-19(14-6-4-3-5-7-14)8-9-24(10-16(19)25)18-23-22-13(2)28-18/h3-7,11,16,25H,8-10H2,1-2H3,(H,21,26)/t16-,19+/m1/s1. The van der Waals surface area contributed by atoms with Crippen molar-refractivity contribution in [1.82, 2.24) is 20.5 Å². The van der Waals surface area contributed by atoms with E-state index >= 15 is 0 Å². The van der Waals surface area contributed by atoms with Gasteiger partial charge in [-0.3, -0.25) is 4.79 Å². The number of carbonyl (C=O) groups is 1. The minimum absolute atomic E-state index is 0.271. The lowest BCUT2D eigenvalue weighted by Crippen LogP contribution is -2.62. The zero-order valence-corrected chi connectivity index (χ0v) is 17.3. The van der Waals surface area contributed by atoms with E-state index in [1.165, 1.54) is 22.7 Å². The van der Waals surface area contributed by atoms with Crippen LogP contribution in [0.25, 0.3) is 0 Å². The van der Waals surface area contributed by atoms with Crippen molar-refractivity contribution in [3.8, 4) is 0 Å². The molecule has 9 heteroatoms. The fraction of sp³-hybridized carbons (Fsp3) is 0.368. The summed E-state index contributed by atoms with van der Waals surface area (Å²) in [7, 11) is 0. The van der Waals surface area contributed by atoms with E-state index in [1.54, 1.807) is 5.38 Å². The molecule has 0 bridgehead atoms. The highest BCUT2D eigenvalue weighted by atomic mass is 32.1. The fourth-order valence-electron chi connectivity index (χ4n) is 3.55. The van der Waals surface area contributed by atoms with Crippen LogP contribution in [0.15, 0.2) is 35.7 Å². The first-order chi connectivity index (χ1) is 13.5. The van der Waals surface area contributed by atoms with Crippen LogP contribution in [-0.4, -0.2) is 45.4 Å². The maximum absolute atomic E-state index is 12.9. The minimum Gasteiger partial charge on any atom is -0.388 e. The third kappa shape index (κ3) is 3.52. The van der Waals surface area contributed by atoms with Gasteiger partial charge in [-0.1, -0.05) is 41.7 Å².